The van der Waals surface area contributed by atoms with E-state index in [4.69, 9.17) is 5.26 Å². The second kappa shape index (κ2) is 5.64. The Kier molecular flexibility index (Phi) is 3.92. The van der Waals surface area contributed by atoms with Crippen molar-refractivity contribution >= 4 is 0 Å². The Morgan fingerprint density at radius 2 is 2.19 bits per heavy atom. The second-order valence-electron chi connectivity index (χ2n) is 4.23. The van der Waals surface area contributed by atoms with Crippen LogP contribution < -0.4 is 5.32 Å². The van der Waals surface area contributed by atoms with Crippen LogP contribution in [0.25, 0.3) is 0 Å². The van der Waals surface area contributed by atoms with Crippen LogP contribution in [0.4, 0.5) is 0 Å². The van der Waals surface area contributed by atoms with Crippen molar-refractivity contribution in [2.75, 3.05) is 19.6 Å². The standard InChI is InChI=1S/C13H17N3/c14-7-6-13-11-16(9-8-15-13)10-12-4-2-1-3-5-12/h1-5,13,15H,6,8-11H2/t13-/m1/s1. The number of benzene rings is 1. The Morgan fingerprint density at radius 3 is 2.94 bits per heavy atom. The lowest BCUT2D eigenvalue weighted by Gasteiger charge is -2.32. The summed E-state index contributed by atoms with van der Waals surface area (Å²) in [6.07, 6.45) is 0.602. The molecule has 1 aliphatic heterocycles. The Labute approximate surface area is 96.7 Å². The maximum atomic E-state index is 8.69. The van der Waals surface area contributed by atoms with Gasteiger partial charge in [0.25, 0.3) is 0 Å². The van der Waals surface area contributed by atoms with Gasteiger partial charge in [0.15, 0.2) is 0 Å². The van der Waals surface area contributed by atoms with Crippen LogP contribution in [-0.2, 0) is 6.54 Å². The Bertz CT molecular complexity index is 355. The van der Waals surface area contributed by atoms with Crippen LogP contribution in [0.1, 0.15) is 12.0 Å². The van der Waals surface area contributed by atoms with E-state index in [0.717, 1.165) is 26.2 Å². The molecule has 0 saturated carbocycles. The van der Waals surface area contributed by atoms with Gasteiger partial charge in [0.2, 0.25) is 0 Å². The van der Waals surface area contributed by atoms with Crippen molar-refractivity contribution in [1.29, 1.82) is 5.26 Å². The lowest BCUT2D eigenvalue weighted by molar-refractivity contribution is 0.194. The second-order valence-corrected chi connectivity index (χ2v) is 4.23. The number of rotatable bonds is 3. The zero-order valence-corrected chi connectivity index (χ0v) is 9.39. The minimum Gasteiger partial charge on any atom is -0.310 e. The molecule has 0 unspecified atom stereocenters. The molecule has 0 aliphatic carbocycles. The van der Waals surface area contributed by atoms with Crippen LogP contribution in [0.15, 0.2) is 30.3 Å². The van der Waals surface area contributed by atoms with Crippen LogP contribution in [0, 0.1) is 11.3 Å². The van der Waals surface area contributed by atoms with Gasteiger partial charge >= 0.3 is 0 Å². The molecule has 1 atom stereocenters. The van der Waals surface area contributed by atoms with Gasteiger partial charge in [-0.3, -0.25) is 4.90 Å². The fourth-order valence-corrected chi connectivity index (χ4v) is 2.13. The van der Waals surface area contributed by atoms with Gasteiger partial charge in [0, 0.05) is 32.2 Å². The van der Waals surface area contributed by atoms with Crippen molar-refractivity contribution in [1.82, 2.24) is 10.2 Å². The monoisotopic (exact) mass is 215 g/mol. The SMILES string of the molecule is N#CC[C@@H]1CN(Cc2ccccc2)CCN1. The summed E-state index contributed by atoms with van der Waals surface area (Å²) in [5.74, 6) is 0. The molecule has 84 valence electrons. The molecule has 1 aromatic rings. The smallest absolute Gasteiger partial charge is 0.0638 e. The third-order valence-corrected chi connectivity index (χ3v) is 2.93. The first-order valence-electron chi connectivity index (χ1n) is 5.75. The molecular formula is C13H17N3. The predicted octanol–water partition coefficient (Wildman–Crippen LogP) is 1.37. The van der Waals surface area contributed by atoms with Gasteiger partial charge in [-0.25, -0.2) is 0 Å². The molecule has 1 aliphatic rings. The number of hydrogen-bond acceptors (Lipinski definition) is 3. The fraction of sp³-hybridized carbons (Fsp3) is 0.462. The molecule has 1 N–H and O–H groups in total. The third-order valence-electron chi connectivity index (χ3n) is 2.93. The van der Waals surface area contributed by atoms with E-state index in [-0.39, 0.29) is 0 Å². The Hall–Kier alpha value is -1.37. The van der Waals surface area contributed by atoms with Gasteiger partial charge < -0.3 is 5.32 Å². The average molecular weight is 215 g/mol. The van der Waals surface area contributed by atoms with E-state index in [2.05, 4.69) is 40.6 Å². The zero-order chi connectivity index (χ0) is 11.2. The van der Waals surface area contributed by atoms with E-state index in [1.165, 1.54) is 5.56 Å². The number of nitrogens with zero attached hydrogens (tertiary/aromatic N) is 2. The highest BCUT2D eigenvalue weighted by Gasteiger charge is 2.18. The van der Waals surface area contributed by atoms with Crippen molar-refractivity contribution in [3.05, 3.63) is 35.9 Å². The fourth-order valence-electron chi connectivity index (χ4n) is 2.13. The summed E-state index contributed by atoms with van der Waals surface area (Å²) in [5, 5.41) is 12.1. The van der Waals surface area contributed by atoms with Crippen LogP contribution >= 0.6 is 0 Å². The van der Waals surface area contributed by atoms with Crippen molar-refractivity contribution in [3.63, 3.8) is 0 Å². The molecule has 1 fully saturated rings. The molecule has 0 amide bonds. The molecule has 3 heteroatoms. The lowest BCUT2D eigenvalue weighted by Crippen LogP contribution is -2.49. The predicted molar refractivity (Wildman–Crippen MR) is 63.7 cm³/mol. The summed E-state index contributed by atoms with van der Waals surface area (Å²) in [7, 11) is 0. The topological polar surface area (TPSA) is 39.1 Å². The summed E-state index contributed by atoms with van der Waals surface area (Å²) in [6, 6.07) is 13.1. The zero-order valence-electron chi connectivity index (χ0n) is 9.39. The molecule has 0 radical (unpaired) electrons. The molecular weight excluding hydrogens is 198 g/mol. The Morgan fingerprint density at radius 1 is 1.38 bits per heavy atom. The number of hydrogen-bond donors (Lipinski definition) is 1. The summed E-state index contributed by atoms with van der Waals surface area (Å²) in [5.41, 5.74) is 1.35. The van der Waals surface area contributed by atoms with Crippen LogP contribution in [0.2, 0.25) is 0 Å². The van der Waals surface area contributed by atoms with Gasteiger partial charge in [0.1, 0.15) is 0 Å². The maximum Gasteiger partial charge on any atom is 0.0638 e. The van der Waals surface area contributed by atoms with E-state index < -0.39 is 0 Å². The first-order chi connectivity index (χ1) is 7.88. The van der Waals surface area contributed by atoms with Crippen molar-refractivity contribution < 1.29 is 0 Å². The van der Waals surface area contributed by atoms with Crippen LogP contribution in [-0.4, -0.2) is 30.6 Å². The van der Waals surface area contributed by atoms with Gasteiger partial charge in [-0.05, 0) is 5.56 Å². The molecule has 0 bridgehead atoms. The first-order valence-corrected chi connectivity index (χ1v) is 5.75. The summed E-state index contributed by atoms with van der Waals surface area (Å²) < 4.78 is 0. The van der Waals surface area contributed by atoms with E-state index in [0.29, 0.717) is 12.5 Å². The quantitative estimate of drug-likeness (QED) is 0.827. The Balaban J connectivity index is 1.88. The average Bonchev–Trinajstić information content (AvgIpc) is 2.31. The molecule has 16 heavy (non-hydrogen) atoms. The van der Waals surface area contributed by atoms with Crippen molar-refractivity contribution in [2.45, 2.75) is 19.0 Å². The highest BCUT2D eigenvalue weighted by Crippen LogP contribution is 2.08. The molecule has 1 heterocycles. The van der Waals surface area contributed by atoms with Gasteiger partial charge in [-0.15, -0.1) is 0 Å². The third kappa shape index (κ3) is 3.06. The summed E-state index contributed by atoms with van der Waals surface area (Å²) in [6.45, 7) is 4.02. The van der Waals surface area contributed by atoms with E-state index in [1.54, 1.807) is 0 Å². The van der Waals surface area contributed by atoms with E-state index in [9.17, 15) is 0 Å². The molecule has 0 aromatic heterocycles. The minimum atomic E-state index is 0.336. The summed E-state index contributed by atoms with van der Waals surface area (Å²) in [4.78, 5) is 2.41. The lowest BCUT2D eigenvalue weighted by atomic mass is 10.1. The van der Waals surface area contributed by atoms with Crippen molar-refractivity contribution in [2.24, 2.45) is 0 Å². The van der Waals surface area contributed by atoms with E-state index in [1.807, 2.05) is 6.07 Å². The van der Waals surface area contributed by atoms with Crippen LogP contribution in [0.3, 0.4) is 0 Å². The molecule has 3 nitrogen and oxygen atoms in total. The minimum absolute atomic E-state index is 0.336. The highest BCUT2D eigenvalue weighted by molar-refractivity contribution is 5.14. The van der Waals surface area contributed by atoms with E-state index >= 15 is 0 Å². The maximum absolute atomic E-state index is 8.69. The molecule has 2 rings (SSSR count). The normalized spacial score (nSPS) is 21.6. The van der Waals surface area contributed by atoms with Crippen LogP contribution in [0.5, 0.6) is 0 Å². The largest absolute Gasteiger partial charge is 0.310 e. The number of nitriles is 1. The van der Waals surface area contributed by atoms with Gasteiger partial charge in [-0.2, -0.15) is 5.26 Å². The summed E-state index contributed by atoms with van der Waals surface area (Å²) >= 11 is 0. The highest BCUT2D eigenvalue weighted by atomic mass is 15.2. The van der Waals surface area contributed by atoms with Crippen molar-refractivity contribution in [3.8, 4) is 6.07 Å². The van der Waals surface area contributed by atoms with Gasteiger partial charge in [0.05, 0.1) is 12.5 Å². The number of nitrogens with one attached hydrogen (secondary N) is 1. The molecule has 1 aromatic carbocycles. The first kappa shape index (κ1) is 11.1. The van der Waals surface area contributed by atoms with Gasteiger partial charge in [-0.1, -0.05) is 30.3 Å². The number of piperazine rings is 1. The molecule has 0 spiro atoms. The molecule has 1 saturated heterocycles.